The molecule has 21 heavy (non-hydrogen) atoms. The van der Waals surface area contributed by atoms with Crippen LogP contribution in [0.2, 0.25) is 0 Å². The fourth-order valence-electron chi connectivity index (χ4n) is 2.05. The molecule has 2 rings (SSSR count). The van der Waals surface area contributed by atoms with Gasteiger partial charge in [0.15, 0.2) is 11.5 Å². The Morgan fingerprint density at radius 2 is 1.86 bits per heavy atom. The van der Waals surface area contributed by atoms with Crippen molar-refractivity contribution in [3.05, 3.63) is 45.6 Å². The highest BCUT2D eigenvalue weighted by Gasteiger charge is 2.08. The van der Waals surface area contributed by atoms with Crippen molar-refractivity contribution in [2.75, 3.05) is 13.7 Å². The van der Waals surface area contributed by atoms with Crippen molar-refractivity contribution in [3.63, 3.8) is 0 Å². The SMILES string of the molecule is CCCOc1ccccc1OCc1cc(CNC)sc1C. The van der Waals surface area contributed by atoms with Crippen LogP contribution in [0.1, 0.15) is 28.7 Å². The number of hydrogen-bond acceptors (Lipinski definition) is 4. The Kier molecular flexibility index (Phi) is 6.08. The molecule has 4 heteroatoms. The number of aryl methyl sites for hydroxylation is 1. The lowest BCUT2D eigenvalue weighted by atomic mass is 10.2. The topological polar surface area (TPSA) is 30.5 Å². The number of ether oxygens (including phenoxy) is 2. The van der Waals surface area contributed by atoms with Crippen LogP contribution in [0.4, 0.5) is 0 Å². The van der Waals surface area contributed by atoms with Gasteiger partial charge in [-0.05, 0) is 38.6 Å². The van der Waals surface area contributed by atoms with Gasteiger partial charge < -0.3 is 14.8 Å². The zero-order valence-corrected chi connectivity index (χ0v) is 13.8. The maximum absolute atomic E-state index is 5.95. The van der Waals surface area contributed by atoms with Gasteiger partial charge in [-0.2, -0.15) is 0 Å². The van der Waals surface area contributed by atoms with Crippen LogP contribution in [0.15, 0.2) is 30.3 Å². The lowest BCUT2D eigenvalue weighted by Gasteiger charge is -2.12. The molecule has 1 heterocycles. The molecule has 1 aromatic carbocycles. The van der Waals surface area contributed by atoms with E-state index >= 15 is 0 Å². The smallest absolute Gasteiger partial charge is 0.161 e. The van der Waals surface area contributed by atoms with Crippen molar-refractivity contribution in [1.82, 2.24) is 5.32 Å². The highest BCUT2D eigenvalue weighted by Crippen LogP contribution is 2.29. The summed E-state index contributed by atoms with van der Waals surface area (Å²) in [5, 5.41) is 3.18. The average Bonchev–Trinajstić information content (AvgIpc) is 2.84. The quantitative estimate of drug-likeness (QED) is 0.795. The van der Waals surface area contributed by atoms with Gasteiger partial charge in [-0.1, -0.05) is 19.1 Å². The summed E-state index contributed by atoms with van der Waals surface area (Å²) < 4.78 is 11.7. The lowest BCUT2D eigenvalue weighted by molar-refractivity contribution is 0.262. The number of rotatable bonds is 8. The molecular weight excluding hydrogens is 282 g/mol. The lowest BCUT2D eigenvalue weighted by Crippen LogP contribution is -2.03. The van der Waals surface area contributed by atoms with Crippen LogP contribution in [0.25, 0.3) is 0 Å². The van der Waals surface area contributed by atoms with E-state index in [0.717, 1.165) is 24.5 Å². The first-order valence-electron chi connectivity index (χ1n) is 7.32. The van der Waals surface area contributed by atoms with Crippen molar-refractivity contribution in [1.29, 1.82) is 0 Å². The fourth-order valence-corrected chi connectivity index (χ4v) is 3.11. The van der Waals surface area contributed by atoms with Crippen LogP contribution in [-0.2, 0) is 13.2 Å². The second-order valence-corrected chi connectivity index (χ2v) is 6.25. The molecular formula is C17H23NO2S. The second-order valence-electron chi connectivity index (χ2n) is 4.91. The minimum Gasteiger partial charge on any atom is -0.490 e. The maximum atomic E-state index is 5.95. The zero-order valence-electron chi connectivity index (χ0n) is 12.9. The number of thiophene rings is 1. The first-order chi connectivity index (χ1) is 10.2. The molecule has 0 radical (unpaired) electrons. The van der Waals surface area contributed by atoms with E-state index in [9.17, 15) is 0 Å². The number of para-hydroxylation sites is 2. The average molecular weight is 305 g/mol. The van der Waals surface area contributed by atoms with E-state index in [2.05, 4.69) is 25.2 Å². The molecule has 0 unspecified atom stereocenters. The summed E-state index contributed by atoms with van der Waals surface area (Å²) in [4.78, 5) is 2.65. The summed E-state index contributed by atoms with van der Waals surface area (Å²) in [6.45, 7) is 6.44. The first-order valence-corrected chi connectivity index (χ1v) is 8.13. The molecule has 1 N–H and O–H groups in total. The van der Waals surface area contributed by atoms with Crippen LogP contribution >= 0.6 is 11.3 Å². The second kappa shape index (κ2) is 8.05. The van der Waals surface area contributed by atoms with E-state index in [-0.39, 0.29) is 0 Å². The number of nitrogens with one attached hydrogen (secondary N) is 1. The highest BCUT2D eigenvalue weighted by molar-refractivity contribution is 7.12. The van der Waals surface area contributed by atoms with Crippen LogP contribution < -0.4 is 14.8 Å². The Bertz CT molecular complexity index is 566. The van der Waals surface area contributed by atoms with E-state index in [0.29, 0.717) is 13.2 Å². The minimum atomic E-state index is 0.582. The summed E-state index contributed by atoms with van der Waals surface area (Å²) in [7, 11) is 1.96. The zero-order chi connectivity index (χ0) is 15.1. The Labute approximate surface area is 130 Å². The summed E-state index contributed by atoms with van der Waals surface area (Å²) >= 11 is 1.82. The molecule has 0 bridgehead atoms. The van der Waals surface area contributed by atoms with Crippen molar-refractivity contribution in [2.45, 2.75) is 33.4 Å². The van der Waals surface area contributed by atoms with Crippen LogP contribution in [0.3, 0.4) is 0 Å². The molecule has 2 aromatic rings. The summed E-state index contributed by atoms with van der Waals surface area (Å²) in [5.74, 6) is 1.63. The van der Waals surface area contributed by atoms with E-state index in [1.165, 1.54) is 15.3 Å². The summed E-state index contributed by atoms with van der Waals surface area (Å²) in [5.41, 5.74) is 1.25. The standard InChI is InChI=1S/C17H23NO2S/c1-4-9-19-16-7-5-6-8-17(16)20-12-14-10-15(11-18-3)21-13(14)2/h5-8,10,18H,4,9,11-12H2,1-3H3. The summed E-state index contributed by atoms with van der Waals surface area (Å²) in [6.07, 6.45) is 0.991. The molecule has 0 atom stereocenters. The molecule has 114 valence electrons. The van der Waals surface area contributed by atoms with Crippen LogP contribution in [-0.4, -0.2) is 13.7 Å². The molecule has 1 aromatic heterocycles. The molecule has 0 spiro atoms. The van der Waals surface area contributed by atoms with Crippen molar-refractivity contribution in [2.24, 2.45) is 0 Å². The van der Waals surface area contributed by atoms with E-state index in [1.807, 2.05) is 42.6 Å². The number of hydrogen-bond donors (Lipinski definition) is 1. The van der Waals surface area contributed by atoms with Gasteiger partial charge in [-0.25, -0.2) is 0 Å². The van der Waals surface area contributed by atoms with E-state index in [4.69, 9.17) is 9.47 Å². The Morgan fingerprint density at radius 3 is 2.52 bits per heavy atom. The largest absolute Gasteiger partial charge is 0.490 e. The molecule has 3 nitrogen and oxygen atoms in total. The predicted octanol–water partition coefficient (Wildman–Crippen LogP) is 4.14. The van der Waals surface area contributed by atoms with Crippen molar-refractivity contribution in [3.8, 4) is 11.5 Å². The molecule has 0 aliphatic carbocycles. The third-order valence-electron chi connectivity index (χ3n) is 3.12. The Morgan fingerprint density at radius 1 is 1.14 bits per heavy atom. The normalized spacial score (nSPS) is 10.6. The van der Waals surface area contributed by atoms with Crippen LogP contribution in [0, 0.1) is 6.92 Å². The van der Waals surface area contributed by atoms with Gasteiger partial charge in [0.2, 0.25) is 0 Å². The monoisotopic (exact) mass is 305 g/mol. The van der Waals surface area contributed by atoms with Gasteiger partial charge >= 0.3 is 0 Å². The summed E-state index contributed by atoms with van der Waals surface area (Å²) in [6, 6.07) is 10.1. The van der Waals surface area contributed by atoms with Crippen molar-refractivity contribution < 1.29 is 9.47 Å². The van der Waals surface area contributed by atoms with Gasteiger partial charge in [0.1, 0.15) is 6.61 Å². The third kappa shape index (κ3) is 4.48. The third-order valence-corrected chi connectivity index (χ3v) is 4.21. The Hall–Kier alpha value is -1.52. The van der Waals surface area contributed by atoms with Gasteiger partial charge in [-0.15, -0.1) is 11.3 Å². The van der Waals surface area contributed by atoms with Crippen LogP contribution in [0.5, 0.6) is 11.5 Å². The van der Waals surface area contributed by atoms with Gasteiger partial charge in [0.25, 0.3) is 0 Å². The maximum Gasteiger partial charge on any atom is 0.161 e. The van der Waals surface area contributed by atoms with E-state index in [1.54, 1.807) is 0 Å². The highest BCUT2D eigenvalue weighted by atomic mass is 32.1. The molecule has 0 aliphatic rings. The predicted molar refractivity (Wildman–Crippen MR) is 88.4 cm³/mol. The number of benzene rings is 1. The molecule has 0 amide bonds. The first kappa shape index (κ1) is 15.9. The fraction of sp³-hybridized carbons (Fsp3) is 0.412. The van der Waals surface area contributed by atoms with Gasteiger partial charge in [0.05, 0.1) is 6.61 Å². The van der Waals surface area contributed by atoms with Gasteiger partial charge in [0, 0.05) is 21.9 Å². The minimum absolute atomic E-state index is 0.582. The Balaban J connectivity index is 2.02. The molecule has 0 fully saturated rings. The van der Waals surface area contributed by atoms with Crippen molar-refractivity contribution >= 4 is 11.3 Å². The van der Waals surface area contributed by atoms with E-state index < -0.39 is 0 Å². The molecule has 0 aliphatic heterocycles. The molecule has 0 saturated carbocycles. The molecule has 0 saturated heterocycles. The van der Waals surface area contributed by atoms with Gasteiger partial charge in [-0.3, -0.25) is 0 Å².